The molecule has 1 aromatic carbocycles. The summed E-state index contributed by atoms with van der Waals surface area (Å²) in [6.07, 6.45) is 4.15. The molecule has 0 aliphatic carbocycles. The first-order valence-electron chi connectivity index (χ1n) is 6.85. The van der Waals surface area contributed by atoms with Gasteiger partial charge in [-0.1, -0.05) is 24.4 Å². The molecule has 1 saturated heterocycles. The van der Waals surface area contributed by atoms with E-state index >= 15 is 0 Å². The number of carbonyl (C=O) groups is 1. The van der Waals surface area contributed by atoms with Crippen LogP contribution in [-0.2, 0) is 9.05 Å². The lowest BCUT2D eigenvalue weighted by Gasteiger charge is -2.22. The SMILES string of the molecule is Cc1c(Cl)cc(S(=O)(=O)Cl)cc1C(=O)N1CCCCCC1. The van der Waals surface area contributed by atoms with Crippen molar-refractivity contribution in [1.82, 2.24) is 4.90 Å². The first-order chi connectivity index (χ1) is 9.80. The van der Waals surface area contributed by atoms with Crippen LogP contribution in [0.25, 0.3) is 0 Å². The molecule has 7 heteroatoms. The molecular weight excluding hydrogens is 333 g/mol. The number of halogens is 2. The molecular formula is C14H17Cl2NO3S. The third-order valence-corrected chi connectivity index (χ3v) is 5.45. The van der Waals surface area contributed by atoms with Crippen LogP contribution in [0.5, 0.6) is 0 Å². The molecule has 0 atom stereocenters. The topological polar surface area (TPSA) is 54.5 Å². The standard InChI is InChI=1S/C14H17Cl2NO3S/c1-10-12(8-11(9-13(10)15)21(16,19)20)14(18)17-6-4-2-3-5-7-17/h8-9H,2-7H2,1H3. The fourth-order valence-electron chi connectivity index (χ4n) is 2.46. The smallest absolute Gasteiger partial charge is 0.261 e. The van der Waals surface area contributed by atoms with E-state index in [1.807, 2.05) is 0 Å². The van der Waals surface area contributed by atoms with E-state index in [4.69, 9.17) is 22.3 Å². The summed E-state index contributed by atoms with van der Waals surface area (Å²) in [5.41, 5.74) is 0.888. The van der Waals surface area contributed by atoms with Gasteiger partial charge in [0.25, 0.3) is 15.0 Å². The molecule has 0 unspecified atom stereocenters. The Bertz CT molecular complexity index is 650. The Morgan fingerprint density at radius 1 is 1.14 bits per heavy atom. The molecule has 0 spiro atoms. The number of hydrogen-bond acceptors (Lipinski definition) is 3. The number of hydrogen-bond donors (Lipinski definition) is 0. The highest BCUT2D eigenvalue weighted by Gasteiger charge is 2.23. The van der Waals surface area contributed by atoms with Crippen molar-refractivity contribution in [1.29, 1.82) is 0 Å². The van der Waals surface area contributed by atoms with Gasteiger partial charge in [0.15, 0.2) is 0 Å². The minimum Gasteiger partial charge on any atom is -0.339 e. The Labute approximate surface area is 134 Å². The van der Waals surface area contributed by atoms with Gasteiger partial charge in [-0.05, 0) is 37.5 Å². The molecule has 1 aliphatic heterocycles. The highest BCUT2D eigenvalue weighted by atomic mass is 35.7. The van der Waals surface area contributed by atoms with Crippen molar-refractivity contribution in [3.63, 3.8) is 0 Å². The molecule has 0 radical (unpaired) electrons. The molecule has 116 valence electrons. The van der Waals surface area contributed by atoms with Gasteiger partial charge in [0.1, 0.15) is 0 Å². The van der Waals surface area contributed by atoms with Crippen LogP contribution in [0.3, 0.4) is 0 Å². The van der Waals surface area contributed by atoms with Crippen molar-refractivity contribution >= 4 is 37.2 Å². The van der Waals surface area contributed by atoms with Gasteiger partial charge in [-0.15, -0.1) is 0 Å². The van der Waals surface area contributed by atoms with Crippen LogP contribution < -0.4 is 0 Å². The second-order valence-electron chi connectivity index (χ2n) is 5.22. The zero-order valence-electron chi connectivity index (χ0n) is 11.7. The normalized spacial score (nSPS) is 16.6. The summed E-state index contributed by atoms with van der Waals surface area (Å²) in [6, 6.07) is 2.59. The first kappa shape index (κ1) is 16.6. The Morgan fingerprint density at radius 3 is 2.24 bits per heavy atom. The number of carbonyl (C=O) groups excluding carboxylic acids is 1. The summed E-state index contributed by atoms with van der Waals surface area (Å²) >= 11 is 6.05. The second kappa shape index (κ2) is 6.55. The van der Waals surface area contributed by atoms with Gasteiger partial charge in [-0.3, -0.25) is 4.79 Å². The molecule has 0 bridgehead atoms. The molecule has 1 aromatic rings. The molecule has 1 amide bonds. The molecule has 2 rings (SSSR count). The third kappa shape index (κ3) is 3.90. The van der Waals surface area contributed by atoms with Crippen LogP contribution >= 0.6 is 22.3 Å². The van der Waals surface area contributed by atoms with Crippen molar-refractivity contribution in [2.45, 2.75) is 37.5 Å². The Morgan fingerprint density at radius 2 is 1.71 bits per heavy atom. The number of rotatable bonds is 2. The van der Waals surface area contributed by atoms with Gasteiger partial charge in [0, 0.05) is 34.4 Å². The maximum absolute atomic E-state index is 12.6. The monoisotopic (exact) mass is 349 g/mol. The van der Waals surface area contributed by atoms with Gasteiger partial charge >= 0.3 is 0 Å². The molecule has 0 saturated carbocycles. The fraction of sp³-hybridized carbons (Fsp3) is 0.500. The van der Waals surface area contributed by atoms with Crippen LogP contribution in [-0.4, -0.2) is 32.3 Å². The van der Waals surface area contributed by atoms with E-state index in [2.05, 4.69) is 0 Å². The molecule has 21 heavy (non-hydrogen) atoms. The van der Waals surface area contributed by atoms with Crippen LogP contribution in [0.15, 0.2) is 17.0 Å². The van der Waals surface area contributed by atoms with Crippen LogP contribution in [0.1, 0.15) is 41.6 Å². The van der Waals surface area contributed by atoms with Crippen molar-refractivity contribution in [3.05, 3.63) is 28.3 Å². The van der Waals surface area contributed by atoms with Crippen LogP contribution in [0, 0.1) is 6.92 Å². The first-order valence-corrected chi connectivity index (χ1v) is 9.53. The van der Waals surface area contributed by atoms with E-state index in [1.54, 1.807) is 11.8 Å². The number of benzene rings is 1. The molecule has 1 aliphatic rings. The van der Waals surface area contributed by atoms with Crippen LogP contribution in [0.2, 0.25) is 5.02 Å². The fourth-order valence-corrected chi connectivity index (χ4v) is 3.53. The van der Waals surface area contributed by atoms with Gasteiger partial charge in [0.05, 0.1) is 4.90 Å². The minimum atomic E-state index is -3.92. The maximum Gasteiger partial charge on any atom is 0.261 e. The molecule has 0 aromatic heterocycles. The second-order valence-corrected chi connectivity index (χ2v) is 8.20. The lowest BCUT2D eigenvalue weighted by Crippen LogP contribution is -2.32. The van der Waals surface area contributed by atoms with Gasteiger partial charge in [-0.2, -0.15) is 0 Å². The largest absolute Gasteiger partial charge is 0.339 e. The maximum atomic E-state index is 12.6. The van der Waals surface area contributed by atoms with Crippen molar-refractivity contribution in [3.8, 4) is 0 Å². The summed E-state index contributed by atoms with van der Waals surface area (Å²) in [5, 5.41) is 0.231. The van der Waals surface area contributed by atoms with E-state index in [0.29, 0.717) is 24.2 Å². The lowest BCUT2D eigenvalue weighted by molar-refractivity contribution is 0.0760. The van der Waals surface area contributed by atoms with Gasteiger partial charge in [0.2, 0.25) is 0 Å². The van der Waals surface area contributed by atoms with E-state index in [-0.39, 0.29) is 15.8 Å². The van der Waals surface area contributed by atoms with Crippen LogP contribution in [0.4, 0.5) is 0 Å². The van der Waals surface area contributed by atoms with Gasteiger partial charge in [-0.25, -0.2) is 8.42 Å². The number of nitrogens with zero attached hydrogens (tertiary/aromatic N) is 1. The summed E-state index contributed by atoms with van der Waals surface area (Å²) in [4.78, 5) is 14.3. The predicted octanol–water partition coefficient (Wildman–Crippen LogP) is 3.59. The Balaban J connectivity index is 2.42. The van der Waals surface area contributed by atoms with E-state index in [0.717, 1.165) is 25.7 Å². The van der Waals surface area contributed by atoms with Crippen molar-refractivity contribution in [2.75, 3.05) is 13.1 Å². The molecule has 1 fully saturated rings. The van der Waals surface area contributed by atoms with Crippen molar-refractivity contribution in [2.24, 2.45) is 0 Å². The zero-order valence-corrected chi connectivity index (χ0v) is 14.1. The summed E-state index contributed by atoms with van der Waals surface area (Å²) < 4.78 is 23.0. The third-order valence-electron chi connectivity index (χ3n) is 3.72. The van der Waals surface area contributed by atoms with E-state index < -0.39 is 9.05 Å². The molecule has 1 heterocycles. The minimum absolute atomic E-state index is 0.141. The van der Waals surface area contributed by atoms with E-state index in [9.17, 15) is 13.2 Å². The Kier molecular flexibility index (Phi) is 5.17. The zero-order chi connectivity index (χ0) is 15.6. The predicted molar refractivity (Wildman–Crippen MR) is 83.6 cm³/mol. The molecule has 4 nitrogen and oxygen atoms in total. The number of amides is 1. The highest BCUT2D eigenvalue weighted by Crippen LogP contribution is 2.27. The van der Waals surface area contributed by atoms with Gasteiger partial charge < -0.3 is 4.90 Å². The quantitative estimate of drug-likeness (QED) is 0.766. The average Bonchev–Trinajstić information content (AvgIpc) is 2.68. The summed E-state index contributed by atoms with van der Waals surface area (Å²) in [5.74, 6) is -0.182. The summed E-state index contributed by atoms with van der Waals surface area (Å²) in [7, 11) is 1.44. The van der Waals surface area contributed by atoms with Crippen molar-refractivity contribution < 1.29 is 13.2 Å². The average molecular weight is 350 g/mol. The van der Waals surface area contributed by atoms with E-state index in [1.165, 1.54) is 12.1 Å². The Hall–Kier alpha value is -0.780. The number of likely N-dealkylation sites (tertiary alicyclic amines) is 1. The molecule has 0 N–H and O–H groups in total. The summed E-state index contributed by atoms with van der Waals surface area (Å²) in [6.45, 7) is 3.08. The highest BCUT2D eigenvalue weighted by molar-refractivity contribution is 8.13. The lowest BCUT2D eigenvalue weighted by atomic mass is 10.1.